The summed E-state index contributed by atoms with van der Waals surface area (Å²) < 4.78 is 1.01. The predicted molar refractivity (Wildman–Crippen MR) is 94.0 cm³/mol. The summed E-state index contributed by atoms with van der Waals surface area (Å²) in [7, 11) is 0. The maximum absolute atomic E-state index is 12.2. The van der Waals surface area contributed by atoms with Crippen LogP contribution in [0.5, 0.6) is 0 Å². The van der Waals surface area contributed by atoms with Crippen LogP contribution < -0.4 is 11.1 Å². The van der Waals surface area contributed by atoms with Crippen molar-refractivity contribution in [1.29, 1.82) is 0 Å². The van der Waals surface area contributed by atoms with Gasteiger partial charge in [-0.05, 0) is 49.4 Å². The first kappa shape index (κ1) is 16.2. The van der Waals surface area contributed by atoms with Gasteiger partial charge in [0, 0.05) is 15.1 Å². The van der Waals surface area contributed by atoms with Gasteiger partial charge < -0.3 is 11.1 Å². The lowest BCUT2D eigenvalue weighted by Gasteiger charge is -2.12. The molecule has 6 heteroatoms. The molecule has 2 rings (SSSR count). The molecule has 0 radical (unpaired) electrons. The molecule has 110 valence electrons. The van der Waals surface area contributed by atoms with Crippen molar-refractivity contribution in [2.75, 3.05) is 11.1 Å². The zero-order valence-corrected chi connectivity index (χ0v) is 14.4. The second-order valence-electron chi connectivity index (χ2n) is 4.44. The van der Waals surface area contributed by atoms with E-state index in [1.165, 1.54) is 11.8 Å². The summed E-state index contributed by atoms with van der Waals surface area (Å²) in [5.41, 5.74) is 6.81. The molecule has 1 unspecified atom stereocenters. The number of carbonyl (C=O) groups is 1. The molecule has 2 aromatic rings. The van der Waals surface area contributed by atoms with Gasteiger partial charge in [0.1, 0.15) is 0 Å². The van der Waals surface area contributed by atoms with Crippen LogP contribution in [0.4, 0.5) is 11.4 Å². The lowest BCUT2D eigenvalue weighted by molar-refractivity contribution is -0.115. The fraction of sp³-hybridized carbons (Fsp3) is 0.133. The minimum Gasteiger partial charge on any atom is -0.397 e. The quantitative estimate of drug-likeness (QED) is 0.587. The van der Waals surface area contributed by atoms with Crippen LogP contribution in [-0.2, 0) is 4.79 Å². The van der Waals surface area contributed by atoms with Gasteiger partial charge in [-0.15, -0.1) is 11.8 Å². The molecule has 0 saturated carbocycles. The van der Waals surface area contributed by atoms with E-state index in [2.05, 4.69) is 21.2 Å². The number of nitrogen functional groups attached to an aromatic ring is 1. The molecule has 1 atom stereocenters. The van der Waals surface area contributed by atoms with Gasteiger partial charge >= 0.3 is 0 Å². The van der Waals surface area contributed by atoms with Crippen molar-refractivity contribution in [2.45, 2.75) is 17.1 Å². The van der Waals surface area contributed by atoms with E-state index in [9.17, 15) is 4.79 Å². The third-order valence-electron chi connectivity index (χ3n) is 2.76. The van der Waals surface area contributed by atoms with Crippen molar-refractivity contribution in [3.63, 3.8) is 0 Å². The van der Waals surface area contributed by atoms with Crippen LogP contribution in [0.15, 0.2) is 51.8 Å². The summed E-state index contributed by atoms with van der Waals surface area (Å²) in [6.45, 7) is 1.86. The SMILES string of the molecule is CC(Sc1ccc(Br)cc1)C(=O)Nc1ccc(Cl)c(N)c1. The number of hydrogen-bond acceptors (Lipinski definition) is 3. The molecule has 3 N–H and O–H groups in total. The van der Waals surface area contributed by atoms with Crippen LogP contribution in [0.3, 0.4) is 0 Å². The number of nitrogens with two attached hydrogens (primary N) is 1. The largest absolute Gasteiger partial charge is 0.397 e. The van der Waals surface area contributed by atoms with Crippen LogP contribution in [0.2, 0.25) is 5.02 Å². The van der Waals surface area contributed by atoms with Crippen molar-refractivity contribution in [2.24, 2.45) is 0 Å². The van der Waals surface area contributed by atoms with Gasteiger partial charge in [-0.3, -0.25) is 4.79 Å². The lowest BCUT2D eigenvalue weighted by atomic mass is 10.2. The molecule has 0 bridgehead atoms. The zero-order valence-electron chi connectivity index (χ0n) is 11.3. The van der Waals surface area contributed by atoms with Gasteiger partial charge in [-0.1, -0.05) is 27.5 Å². The Morgan fingerprint density at radius 3 is 2.57 bits per heavy atom. The Labute approximate surface area is 141 Å². The molecule has 0 aliphatic heterocycles. The molecule has 2 aromatic carbocycles. The Morgan fingerprint density at radius 2 is 1.95 bits per heavy atom. The average molecular weight is 386 g/mol. The maximum Gasteiger partial charge on any atom is 0.237 e. The Balaban J connectivity index is 1.98. The third-order valence-corrected chi connectivity index (χ3v) is 4.74. The van der Waals surface area contributed by atoms with Gasteiger partial charge in [0.2, 0.25) is 5.91 Å². The second-order valence-corrected chi connectivity index (χ2v) is 7.18. The molecule has 0 aromatic heterocycles. The van der Waals surface area contributed by atoms with E-state index < -0.39 is 0 Å². The van der Waals surface area contributed by atoms with Gasteiger partial charge in [0.05, 0.1) is 16.0 Å². The molecule has 0 saturated heterocycles. The molecule has 0 spiro atoms. The monoisotopic (exact) mass is 384 g/mol. The van der Waals surface area contributed by atoms with Crippen LogP contribution >= 0.6 is 39.3 Å². The number of carbonyl (C=O) groups excluding carboxylic acids is 1. The molecular formula is C15H14BrClN2OS. The van der Waals surface area contributed by atoms with Crippen LogP contribution in [0.1, 0.15) is 6.92 Å². The van der Waals surface area contributed by atoms with E-state index >= 15 is 0 Å². The van der Waals surface area contributed by atoms with Crippen molar-refractivity contribution in [3.05, 3.63) is 52.0 Å². The molecule has 0 aliphatic rings. The van der Waals surface area contributed by atoms with E-state index in [0.717, 1.165) is 9.37 Å². The number of benzene rings is 2. The van der Waals surface area contributed by atoms with Gasteiger partial charge in [0.25, 0.3) is 0 Å². The van der Waals surface area contributed by atoms with E-state index in [-0.39, 0.29) is 11.2 Å². The van der Waals surface area contributed by atoms with E-state index in [1.807, 2.05) is 31.2 Å². The van der Waals surface area contributed by atoms with E-state index in [1.54, 1.807) is 18.2 Å². The van der Waals surface area contributed by atoms with Crippen molar-refractivity contribution < 1.29 is 4.79 Å². The summed E-state index contributed by atoms with van der Waals surface area (Å²) in [5, 5.41) is 3.09. The molecule has 0 heterocycles. The highest BCUT2D eigenvalue weighted by molar-refractivity contribution is 9.10. The number of halogens is 2. The first-order chi connectivity index (χ1) is 9.95. The number of nitrogens with one attached hydrogen (secondary N) is 1. The van der Waals surface area contributed by atoms with Crippen LogP contribution in [-0.4, -0.2) is 11.2 Å². The summed E-state index contributed by atoms with van der Waals surface area (Å²) >= 11 is 10.7. The highest BCUT2D eigenvalue weighted by atomic mass is 79.9. The summed E-state index contributed by atoms with van der Waals surface area (Å²) in [6.07, 6.45) is 0. The number of anilines is 2. The lowest BCUT2D eigenvalue weighted by Crippen LogP contribution is -2.22. The summed E-state index contributed by atoms with van der Waals surface area (Å²) in [6, 6.07) is 12.9. The molecule has 1 amide bonds. The number of amides is 1. The molecule has 0 aliphatic carbocycles. The number of hydrogen-bond donors (Lipinski definition) is 2. The number of rotatable bonds is 4. The van der Waals surface area contributed by atoms with E-state index in [4.69, 9.17) is 17.3 Å². The molecule has 3 nitrogen and oxygen atoms in total. The highest BCUT2D eigenvalue weighted by Crippen LogP contribution is 2.27. The van der Waals surface area contributed by atoms with Gasteiger partial charge in [-0.25, -0.2) is 0 Å². The normalized spacial score (nSPS) is 12.0. The second kappa shape index (κ2) is 7.20. The molecule has 0 fully saturated rings. The topological polar surface area (TPSA) is 55.1 Å². The minimum atomic E-state index is -0.219. The Hall–Kier alpha value is -1.17. The average Bonchev–Trinajstić information content (AvgIpc) is 2.45. The maximum atomic E-state index is 12.2. The predicted octanol–water partition coefficient (Wildman–Crippen LogP) is 4.80. The fourth-order valence-corrected chi connectivity index (χ4v) is 2.89. The third kappa shape index (κ3) is 4.66. The minimum absolute atomic E-state index is 0.0790. The van der Waals surface area contributed by atoms with Crippen molar-refractivity contribution in [1.82, 2.24) is 0 Å². The first-order valence-corrected chi connectivity index (χ1v) is 8.29. The van der Waals surface area contributed by atoms with Crippen LogP contribution in [0.25, 0.3) is 0 Å². The van der Waals surface area contributed by atoms with Crippen molar-refractivity contribution >= 4 is 56.6 Å². The smallest absolute Gasteiger partial charge is 0.237 e. The van der Waals surface area contributed by atoms with E-state index in [0.29, 0.717) is 16.4 Å². The Bertz CT molecular complexity index is 649. The Morgan fingerprint density at radius 1 is 1.29 bits per heavy atom. The first-order valence-electron chi connectivity index (χ1n) is 6.24. The molecular weight excluding hydrogens is 372 g/mol. The fourth-order valence-electron chi connectivity index (χ4n) is 1.64. The van der Waals surface area contributed by atoms with Gasteiger partial charge in [-0.2, -0.15) is 0 Å². The Kier molecular flexibility index (Phi) is 5.56. The molecule has 21 heavy (non-hydrogen) atoms. The standard InChI is InChI=1S/C15H14BrClN2OS/c1-9(21-12-5-2-10(16)3-6-12)15(20)19-11-4-7-13(17)14(18)8-11/h2-9H,18H2,1H3,(H,19,20). The van der Waals surface area contributed by atoms with Gasteiger partial charge in [0.15, 0.2) is 0 Å². The number of thioether (sulfide) groups is 1. The van der Waals surface area contributed by atoms with Crippen molar-refractivity contribution in [3.8, 4) is 0 Å². The highest BCUT2D eigenvalue weighted by Gasteiger charge is 2.14. The zero-order chi connectivity index (χ0) is 15.4. The van der Waals surface area contributed by atoms with Crippen LogP contribution in [0, 0.1) is 0 Å². The summed E-state index contributed by atoms with van der Waals surface area (Å²) in [5.74, 6) is -0.0790. The summed E-state index contributed by atoms with van der Waals surface area (Å²) in [4.78, 5) is 13.2.